The van der Waals surface area contributed by atoms with E-state index in [0.717, 1.165) is 0 Å². The highest BCUT2D eigenvalue weighted by Crippen LogP contribution is 2.22. The third-order valence-electron chi connectivity index (χ3n) is 2.37. The van der Waals surface area contributed by atoms with E-state index in [1.165, 1.54) is 18.2 Å². The Bertz CT molecular complexity index is 448. The van der Waals surface area contributed by atoms with Crippen molar-refractivity contribution in [1.29, 1.82) is 0 Å². The first kappa shape index (κ1) is 12.0. The van der Waals surface area contributed by atoms with Crippen molar-refractivity contribution in [3.63, 3.8) is 0 Å². The van der Waals surface area contributed by atoms with Gasteiger partial charge in [-0.15, -0.1) is 6.58 Å². The van der Waals surface area contributed by atoms with Crippen molar-refractivity contribution in [2.75, 3.05) is 0 Å². The van der Waals surface area contributed by atoms with Crippen LogP contribution in [0.25, 0.3) is 0 Å². The molecule has 0 amide bonds. The van der Waals surface area contributed by atoms with Crippen LogP contribution in [0.5, 0.6) is 0 Å². The molecule has 0 bridgehead atoms. The van der Waals surface area contributed by atoms with Crippen LogP contribution in [0.4, 0.5) is 0 Å². The minimum atomic E-state index is -1.07. The van der Waals surface area contributed by atoms with E-state index in [-0.39, 0.29) is 17.0 Å². The van der Waals surface area contributed by atoms with Crippen LogP contribution < -0.4 is 0 Å². The molecule has 0 spiro atoms. The third kappa shape index (κ3) is 2.28. The summed E-state index contributed by atoms with van der Waals surface area (Å²) in [6.07, 6.45) is 1.58. The van der Waals surface area contributed by atoms with Gasteiger partial charge in [0, 0.05) is 0 Å². The summed E-state index contributed by atoms with van der Waals surface area (Å²) in [7, 11) is 0. The molecule has 2 N–H and O–H groups in total. The number of benzene rings is 1. The molecular formula is C12H12O4. The smallest absolute Gasteiger partial charge is 0.335 e. The number of carboxylic acids is 2. The Kier molecular flexibility index (Phi) is 3.45. The molecule has 0 saturated heterocycles. The Morgan fingerprint density at radius 2 is 1.94 bits per heavy atom. The van der Waals surface area contributed by atoms with Crippen LogP contribution in [-0.2, 0) is 0 Å². The Balaban J connectivity index is 3.37. The Labute approximate surface area is 92.8 Å². The topological polar surface area (TPSA) is 74.6 Å². The molecule has 0 aromatic heterocycles. The maximum Gasteiger partial charge on any atom is 0.335 e. The van der Waals surface area contributed by atoms with Gasteiger partial charge in [0.05, 0.1) is 11.1 Å². The van der Waals surface area contributed by atoms with Crippen molar-refractivity contribution in [3.05, 3.63) is 47.5 Å². The predicted octanol–water partition coefficient (Wildman–Crippen LogP) is 2.37. The number of allylic oxidation sites excluding steroid dienone is 1. The predicted molar refractivity (Wildman–Crippen MR) is 59.0 cm³/mol. The van der Waals surface area contributed by atoms with E-state index in [9.17, 15) is 9.59 Å². The summed E-state index contributed by atoms with van der Waals surface area (Å²) < 4.78 is 0. The molecule has 4 nitrogen and oxygen atoms in total. The molecule has 0 heterocycles. The summed E-state index contributed by atoms with van der Waals surface area (Å²) in [4.78, 5) is 21.7. The van der Waals surface area contributed by atoms with Crippen LogP contribution in [0, 0.1) is 0 Å². The molecule has 1 atom stereocenters. The molecule has 0 aliphatic rings. The average Bonchev–Trinajstić information content (AvgIpc) is 2.26. The van der Waals surface area contributed by atoms with Gasteiger partial charge < -0.3 is 10.2 Å². The van der Waals surface area contributed by atoms with Gasteiger partial charge in [0.15, 0.2) is 0 Å². The van der Waals surface area contributed by atoms with Crippen LogP contribution in [0.2, 0.25) is 0 Å². The molecule has 16 heavy (non-hydrogen) atoms. The summed E-state index contributed by atoms with van der Waals surface area (Å²) in [6.45, 7) is 5.34. The van der Waals surface area contributed by atoms with Crippen LogP contribution in [-0.4, -0.2) is 22.2 Å². The van der Waals surface area contributed by atoms with Crippen molar-refractivity contribution in [1.82, 2.24) is 0 Å². The second-order valence-corrected chi connectivity index (χ2v) is 3.44. The second-order valence-electron chi connectivity index (χ2n) is 3.44. The van der Waals surface area contributed by atoms with Gasteiger partial charge in [0.1, 0.15) is 0 Å². The Morgan fingerprint density at radius 1 is 1.31 bits per heavy atom. The van der Waals surface area contributed by atoms with Crippen LogP contribution in [0.3, 0.4) is 0 Å². The highest BCUT2D eigenvalue weighted by molar-refractivity contribution is 5.93. The molecule has 1 aromatic carbocycles. The fourth-order valence-electron chi connectivity index (χ4n) is 1.39. The Hall–Kier alpha value is -2.10. The van der Waals surface area contributed by atoms with Crippen LogP contribution >= 0.6 is 0 Å². The van der Waals surface area contributed by atoms with Gasteiger partial charge in [0.2, 0.25) is 0 Å². The van der Waals surface area contributed by atoms with Crippen molar-refractivity contribution < 1.29 is 19.8 Å². The monoisotopic (exact) mass is 220 g/mol. The fraction of sp³-hybridized carbons (Fsp3) is 0.167. The van der Waals surface area contributed by atoms with Crippen molar-refractivity contribution in [2.45, 2.75) is 12.8 Å². The lowest BCUT2D eigenvalue weighted by molar-refractivity contribution is 0.0680. The van der Waals surface area contributed by atoms with E-state index in [2.05, 4.69) is 6.58 Å². The summed E-state index contributed by atoms with van der Waals surface area (Å²) in [5.41, 5.74) is 0.647. The molecule has 1 rings (SSSR count). The SMILES string of the molecule is C=CC(C)c1cc(C(=O)O)ccc1C(=O)O. The molecule has 0 fully saturated rings. The van der Waals surface area contributed by atoms with Gasteiger partial charge in [-0.1, -0.05) is 13.0 Å². The van der Waals surface area contributed by atoms with Crippen LogP contribution in [0.1, 0.15) is 39.1 Å². The van der Waals surface area contributed by atoms with Crippen molar-refractivity contribution >= 4 is 11.9 Å². The summed E-state index contributed by atoms with van der Waals surface area (Å²) in [5.74, 6) is -2.35. The lowest BCUT2D eigenvalue weighted by Crippen LogP contribution is -2.07. The number of rotatable bonds is 4. The first-order valence-corrected chi connectivity index (χ1v) is 4.70. The zero-order valence-electron chi connectivity index (χ0n) is 8.80. The van der Waals surface area contributed by atoms with Crippen molar-refractivity contribution in [3.8, 4) is 0 Å². The second kappa shape index (κ2) is 4.61. The van der Waals surface area contributed by atoms with Gasteiger partial charge in [-0.3, -0.25) is 0 Å². The van der Waals surface area contributed by atoms with Gasteiger partial charge in [0.25, 0.3) is 0 Å². The van der Waals surface area contributed by atoms with E-state index < -0.39 is 11.9 Å². The Morgan fingerprint density at radius 3 is 2.38 bits per heavy atom. The quantitative estimate of drug-likeness (QED) is 0.764. The fourth-order valence-corrected chi connectivity index (χ4v) is 1.39. The zero-order valence-corrected chi connectivity index (χ0v) is 8.80. The number of aromatic carboxylic acids is 2. The molecule has 0 aliphatic carbocycles. The average molecular weight is 220 g/mol. The number of hydrogen-bond acceptors (Lipinski definition) is 2. The third-order valence-corrected chi connectivity index (χ3v) is 2.37. The molecule has 4 heteroatoms. The number of carbonyl (C=O) groups is 2. The molecule has 0 saturated carbocycles. The molecule has 1 aromatic rings. The zero-order chi connectivity index (χ0) is 12.3. The largest absolute Gasteiger partial charge is 0.478 e. The molecule has 0 aliphatic heterocycles. The maximum atomic E-state index is 10.9. The van der Waals surface area contributed by atoms with E-state index in [0.29, 0.717) is 5.56 Å². The minimum absolute atomic E-state index is 0.0775. The highest BCUT2D eigenvalue weighted by Gasteiger charge is 2.16. The van der Waals surface area contributed by atoms with Gasteiger partial charge >= 0.3 is 11.9 Å². The standard InChI is InChI=1S/C12H12O4/c1-3-7(2)10-6-8(11(13)14)4-5-9(10)12(15)16/h3-7H,1H2,2H3,(H,13,14)(H,15,16). The summed E-state index contributed by atoms with van der Waals surface area (Å²) >= 11 is 0. The number of hydrogen-bond donors (Lipinski definition) is 2. The van der Waals surface area contributed by atoms with Gasteiger partial charge in [-0.25, -0.2) is 9.59 Å². The summed E-state index contributed by atoms with van der Waals surface area (Å²) in [5, 5.41) is 17.8. The lowest BCUT2D eigenvalue weighted by atomic mass is 9.94. The van der Waals surface area contributed by atoms with E-state index in [1.807, 2.05) is 0 Å². The van der Waals surface area contributed by atoms with Gasteiger partial charge in [-0.2, -0.15) is 0 Å². The maximum absolute atomic E-state index is 10.9. The molecule has 0 radical (unpaired) electrons. The molecule has 1 unspecified atom stereocenters. The number of carboxylic acid groups (broad SMARTS) is 2. The molecule has 84 valence electrons. The van der Waals surface area contributed by atoms with E-state index in [4.69, 9.17) is 10.2 Å². The first-order valence-electron chi connectivity index (χ1n) is 4.70. The van der Waals surface area contributed by atoms with Crippen LogP contribution in [0.15, 0.2) is 30.9 Å². The van der Waals surface area contributed by atoms with Gasteiger partial charge in [-0.05, 0) is 29.7 Å². The molecular weight excluding hydrogens is 208 g/mol. The van der Waals surface area contributed by atoms with Crippen molar-refractivity contribution in [2.24, 2.45) is 0 Å². The van der Waals surface area contributed by atoms with E-state index >= 15 is 0 Å². The lowest BCUT2D eigenvalue weighted by Gasteiger charge is -2.11. The minimum Gasteiger partial charge on any atom is -0.478 e. The first-order chi connectivity index (χ1) is 7.47. The normalized spacial score (nSPS) is 11.8. The summed E-state index contributed by atoms with van der Waals surface area (Å²) in [6, 6.07) is 3.96. The van der Waals surface area contributed by atoms with E-state index in [1.54, 1.807) is 13.0 Å². The highest BCUT2D eigenvalue weighted by atomic mass is 16.4.